The molecule has 0 aliphatic carbocycles. The van der Waals surface area contributed by atoms with Crippen LogP contribution in [0.3, 0.4) is 0 Å². The minimum Gasteiger partial charge on any atom is -0.411 e. The summed E-state index contributed by atoms with van der Waals surface area (Å²) in [6.45, 7) is 5.42. The Balaban J connectivity index is 2.66. The summed E-state index contributed by atoms with van der Waals surface area (Å²) in [6.07, 6.45) is 0.280. The summed E-state index contributed by atoms with van der Waals surface area (Å²) in [7, 11) is 1.58. The zero-order valence-electron chi connectivity index (χ0n) is 11.7. The van der Waals surface area contributed by atoms with E-state index >= 15 is 0 Å². The highest BCUT2D eigenvalue weighted by molar-refractivity contribution is 5.99. The number of carbonyl (C=O) groups is 1. The van der Waals surface area contributed by atoms with Crippen LogP contribution in [0, 0.1) is 0 Å². The quantitative estimate of drug-likeness (QED) is 0.488. The van der Waals surface area contributed by atoms with Gasteiger partial charge in [-0.1, -0.05) is 17.3 Å². The first-order valence-electron chi connectivity index (χ1n) is 6.02. The first kappa shape index (κ1) is 15.2. The Hall–Kier alpha value is -1.88. The van der Waals surface area contributed by atoms with Gasteiger partial charge in [-0.15, -0.1) is 0 Å². The zero-order chi connectivity index (χ0) is 14.5. The predicted molar refractivity (Wildman–Crippen MR) is 74.8 cm³/mol. The molecule has 0 unspecified atom stereocenters. The van der Waals surface area contributed by atoms with Crippen LogP contribution in [0.4, 0.5) is 5.69 Å². The summed E-state index contributed by atoms with van der Waals surface area (Å²) in [4.78, 5) is 11.8. The maximum Gasteiger partial charge on any atom is 0.227 e. The number of hydrogen-bond acceptors (Lipinski definition) is 4. The molecule has 0 bridgehead atoms. The van der Waals surface area contributed by atoms with E-state index in [2.05, 4.69) is 10.5 Å². The van der Waals surface area contributed by atoms with Crippen LogP contribution in [0.25, 0.3) is 0 Å². The van der Waals surface area contributed by atoms with Crippen LogP contribution >= 0.6 is 0 Å². The Bertz CT molecular complexity index is 464. The van der Waals surface area contributed by atoms with Crippen molar-refractivity contribution >= 4 is 17.3 Å². The van der Waals surface area contributed by atoms with Crippen LogP contribution in [-0.4, -0.2) is 29.5 Å². The summed E-state index contributed by atoms with van der Waals surface area (Å²) >= 11 is 0. The number of oxime groups is 1. The van der Waals surface area contributed by atoms with Crippen LogP contribution in [0.1, 0.15) is 32.8 Å². The molecule has 0 aliphatic rings. The Morgan fingerprint density at radius 2 is 1.95 bits per heavy atom. The van der Waals surface area contributed by atoms with E-state index in [4.69, 9.17) is 9.94 Å². The topological polar surface area (TPSA) is 70.9 Å². The molecule has 1 amide bonds. The average molecular weight is 264 g/mol. The van der Waals surface area contributed by atoms with E-state index in [9.17, 15) is 4.79 Å². The van der Waals surface area contributed by atoms with Gasteiger partial charge in [0.05, 0.1) is 17.7 Å². The van der Waals surface area contributed by atoms with Crippen molar-refractivity contribution in [3.05, 3.63) is 29.8 Å². The molecule has 0 spiro atoms. The average Bonchev–Trinajstić information content (AvgIpc) is 2.38. The lowest BCUT2D eigenvalue weighted by Gasteiger charge is -2.21. The van der Waals surface area contributed by atoms with Gasteiger partial charge in [0.15, 0.2) is 0 Å². The lowest BCUT2D eigenvalue weighted by Crippen LogP contribution is -2.29. The molecule has 5 nitrogen and oxygen atoms in total. The van der Waals surface area contributed by atoms with Crippen molar-refractivity contribution in [1.82, 2.24) is 0 Å². The van der Waals surface area contributed by atoms with Crippen molar-refractivity contribution in [3.8, 4) is 0 Å². The van der Waals surface area contributed by atoms with Crippen LogP contribution in [0.15, 0.2) is 29.4 Å². The fourth-order valence-corrected chi connectivity index (χ4v) is 1.52. The second kappa shape index (κ2) is 6.33. The second-order valence-corrected chi connectivity index (χ2v) is 4.95. The van der Waals surface area contributed by atoms with Gasteiger partial charge in [0.2, 0.25) is 5.91 Å². The molecular weight excluding hydrogens is 244 g/mol. The molecule has 0 saturated heterocycles. The highest BCUT2D eigenvalue weighted by atomic mass is 16.5. The number of rotatable bonds is 5. The maximum atomic E-state index is 11.8. The highest BCUT2D eigenvalue weighted by Gasteiger charge is 2.20. The third-order valence-electron chi connectivity index (χ3n) is 2.88. The van der Waals surface area contributed by atoms with Gasteiger partial charge in [0.1, 0.15) is 0 Å². The molecule has 1 aromatic rings. The molecular formula is C14H20N2O3. The standard InChI is InChI=1S/C14H20N2O3/c1-10(16-18)11-5-7-12(8-6-11)15-13(17)9-14(2,3)19-4/h5-8,18H,9H2,1-4H3,(H,15,17)/b16-10+. The van der Waals surface area contributed by atoms with Crippen LogP contribution in [-0.2, 0) is 9.53 Å². The molecule has 1 aromatic carbocycles. The molecule has 1 rings (SSSR count). The van der Waals surface area contributed by atoms with Crippen molar-refractivity contribution in [1.29, 1.82) is 0 Å². The second-order valence-electron chi connectivity index (χ2n) is 4.95. The number of anilines is 1. The van der Waals surface area contributed by atoms with E-state index in [1.807, 2.05) is 13.8 Å². The van der Waals surface area contributed by atoms with Gasteiger partial charge in [-0.05, 0) is 38.5 Å². The number of methoxy groups -OCH3 is 1. The first-order chi connectivity index (χ1) is 8.88. The van der Waals surface area contributed by atoms with Crippen LogP contribution in [0.5, 0.6) is 0 Å². The number of carbonyl (C=O) groups excluding carboxylic acids is 1. The molecule has 0 aliphatic heterocycles. The molecule has 0 aromatic heterocycles. The van der Waals surface area contributed by atoms with Crippen LogP contribution in [0.2, 0.25) is 0 Å². The molecule has 2 N–H and O–H groups in total. The van der Waals surface area contributed by atoms with Gasteiger partial charge in [-0.2, -0.15) is 0 Å². The summed E-state index contributed by atoms with van der Waals surface area (Å²) in [5.41, 5.74) is 1.55. The Morgan fingerprint density at radius 3 is 2.42 bits per heavy atom. The van der Waals surface area contributed by atoms with E-state index in [1.54, 1.807) is 38.3 Å². The summed E-state index contributed by atoms with van der Waals surface area (Å²) in [6, 6.07) is 7.10. The Morgan fingerprint density at radius 1 is 1.37 bits per heavy atom. The molecule has 0 radical (unpaired) electrons. The number of benzene rings is 1. The van der Waals surface area contributed by atoms with Gasteiger partial charge in [0, 0.05) is 12.8 Å². The van der Waals surface area contributed by atoms with E-state index in [0.717, 1.165) is 5.56 Å². The monoisotopic (exact) mass is 264 g/mol. The molecule has 0 saturated carbocycles. The number of ether oxygens (including phenoxy) is 1. The van der Waals surface area contributed by atoms with Gasteiger partial charge in [0.25, 0.3) is 0 Å². The smallest absolute Gasteiger partial charge is 0.227 e. The normalized spacial score (nSPS) is 12.3. The largest absolute Gasteiger partial charge is 0.411 e. The lowest BCUT2D eigenvalue weighted by molar-refractivity contribution is -0.121. The molecule has 104 valence electrons. The summed E-state index contributed by atoms with van der Waals surface area (Å²) in [5, 5.41) is 14.6. The minimum absolute atomic E-state index is 0.104. The maximum absolute atomic E-state index is 11.8. The van der Waals surface area contributed by atoms with Crippen LogP contribution < -0.4 is 5.32 Å². The van der Waals surface area contributed by atoms with Crippen molar-refractivity contribution in [2.75, 3.05) is 12.4 Å². The Labute approximate surface area is 113 Å². The number of hydrogen-bond donors (Lipinski definition) is 2. The molecule has 19 heavy (non-hydrogen) atoms. The third kappa shape index (κ3) is 4.71. The predicted octanol–water partition coefficient (Wildman–Crippen LogP) is 2.64. The van der Waals surface area contributed by atoms with Gasteiger partial charge in [-0.3, -0.25) is 4.79 Å². The first-order valence-corrected chi connectivity index (χ1v) is 6.02. The SMILES string of the molecule is COC(C)(C)CC(=O)Nc1ccc(/C(C)=N/O)cc1. The fraction of sp³-hybridized carbons (Fsp3) is 0.429. The Kier molecular flexibility index (Phi) is 5.06. The number of nitrogens with one attached hydrogen (secondary N) is 1. The van der Waals surface area contributed by atoms with Crippen molar-refractivity contribution in [2.45, 2.75) is 32.8 Å². The lowest BCUT2D eigenvalue weighted by atomic mass is 10.0. The summed E-state index contributed by atoms with van der Waals surface area (Å²) < 4.78 is 5.21. The van der Waals surface area contributed by atoms with Crippen molar-refractivity contribution in [3.63, 3.8) is 0 Å². The van der Waals surface area contributed by atoms with Gasteiger partial charge < -0.3 is 15.3 Å². The van der Waals surface area contributed by atoms with Gasteiger partial charge >= 0.3 is 0 Å². The molecule has 0 heterocycles. The molecule has 5 heteroatoms. The van der Waals surface area contributed by atoms with Gasteiger partial charge in [-0.25, -0.2) is 0 Å². The summed E-state index contributed by atoms with van der Waals surface area (Å²) in [5.74, 6) is -0.104. The fourth-order valence-electron chi connectivity index (χ4n) is 1.52. The molecule has 0 atom stereocenters. The minimum atomic E-state index is -0.482. The van der Waals surface area contributed by atoms with Crippen molar-refractivity contribution in [2.24, 2.45) is 5.16 Å². The number of nitrogens with zero attached hydrogens (tertiary/aromatic N) is 1. The van der Waals surface area contributed by atoms with E-state index in [1.165, 1.54) is 0 Å². The highest BCUT2D eigenvalue weighted by Crippen LogP contribution is 2.16. The van der Waals surface area contributed by atoms with E-state index < -0.39 is 5.60 Å². The third-order valence-corrected chi connectivity index (χ3v) is 2.88. The van der Waals surface area contributed by atoms with E-state index in [-0.39, 0.29) is 12.3 Å². The number of amides is 1. The van der Waals surface area contributed by atoms with Crippen molar-refractivity contribution < 1.29 is 14.7 Å². The molecule has 0 fully saturated rings. The van der Waals surface area contributed by atoms with E-state index in [0.29, 0.717) is 11.4 Å². The zero-order valence-corrected chi connectivity index (χ0v) is 11.7.